The van der Waals surface area contributed by atoms with E-state index in [0.29, 0.717) is 18.4 Å². The van der Waals surface area contributed by atoms with Gasteiger partial charge in [0.25, 0.3) is 0 Å². The molecule has 3 heteroatoms. The fourth-order valence-corrected chi connectivity index (χ4v) is 1.70. The molecule has 9 heavy (non-hydrogen) atoms. The van der Waals surface area contributed by atoms with Crippen LogP contribution in [0.2, 0.25) is 0 Å². The third kappa shape index (κ3) is 1.66. The highest BCUT2D eigenvalue weighted by Crippen LogP contribution is 2.17. The van der Waals surface area contributed by atoms with E-state index in [1.165, 1.54) is 0 Å². The van der Waals surface area contributed by atoms with Crippen molar-refractivity contribution in [2.45, 2.75) is 0 Å². The zero-order valence-electron chi connectivity index (χ0n) is 5.31. The highest BCUT2D eigenvalue weighted by Gasteiger charge is 2.24. The summed E-state index contributed by atoms with van der Waals surface area (Å²) in [6.45, 7) is 2.48. The maximum atomic E-state index is 8.80. The number of alkyl halides is 1. The lowest BCUT2D eigenvalue weighted by atomic mass is 9.90. The SMILES string of the molecule is OCC(CBr)C1CNC1. The molecular formula is C6H12BrNO. The summed E-state index contributed by atoms with van der Waals surface area (Å²) in [6, 6.07) is 0. The first kappa shape index (κ1) is 7.51. The Balaban J connectivity index is 2.19. The third-order valence-electron chi connectivity index (χ3n) is 1.91. The van der Waals surface area contributed by atoms with E-state index in [1.54, 1.807) is 0 Å². The molecule has 1 atom stereocenters. The molecule has 54 valence electrons. The average Bonchev–Trinajstić information content (AvgIpc) is 1.78. The topological polar surface area (TPSA) is 32.3 Å². The Kier molecular flexibility index (Phi) is 2.95. The van der Waals surface area contributed by atoms with Gasteiger partial charge >= 0.3 is 0 Å². The molecule has 0 spiro atoms. The molecule has 1 aliphatic rings. The molecule has 2 N–H and O–H groups in total. The molecule has 1 fully saturated rings. The minimum absolute atomic E-state index is 0.317. The fraction of sp³-hybridized carbons (Fsp3) is 1.00. The first-order valence-electron chi connectivity index (χ1n) is 3.26. The summed E-state index contributed by atoms with van der Waals surface area (Å²) in [7, 11) is 0. The Labute approximate surface area is 63.8 Å². The third-order valence-corrected chi connectivity index (χ3v) is 2.74. The van der Waals surface area contributed by atoms with Gasteiger partial charge in [-0.1, -0.05) is 15.9 Å². The van der Waals surface area contributed by atoms with E-state index >= 15 is 0 Å². The predicted molar refractivity (Wildman–Crippen MR) is 40.7 cm³/mol. The van der Waals surface area contributed by atoms with Gasteiger partial charge in [0.15, 0.2) is 0 Å². The molecule has 0 aromatic rings. The van der Waals surface area contributed by atoms with Crippen LogP contribution in [0.1, 0.15) is 0 Å². The number of nitrogens with one attached hydrogen (secondary N) is 1. The number of aliphatic hydroxyl groups excluding tert-OH is 1. The number of aliphatic hydroxyl groups is 1. The molecule has 0 aromatic carbocycles. The van der Waals surface area contributed by atoms with Crippen molar-refractivity contribution in [1.82, 2.24) is 5.32 Å². The lowest BCUT2D eigenvalue weighted by molar-refractivity contribution is 0.156. The van der Waals surface area contributed by atoms with Crippen molar-refractivity contribution in [3.05, 3.63) is 0 Å². The monoisotopic (exact) mass is 193 g/mol. The van der Waals surface area contributed by atoms with E-state index in [4.69, 9.17) is 5.11 Å². The summed E-state index contributed by atoms with van der Waals surface area (Å²) in [4.78, 5) is 0. The molecule has 1 unspecified atom stereocenters. The van der Waals surface area contributed by atoms with Gasteiger partial charge in [0, 0.05) is 11.9 Å². The van der Waals surface area contributed by atoms with Crippen LogP contribution in [-0.4, -0.2) is 30.1 Å². The van der Waals surface area contributed by atoms with Gasteiger partial charge in [-0.05, 0) is 24.9 Å². The van der Waals surface area contributed by atoms with Gasteiger partial charge < -0.3 is 10.4 Å². The second-order valence-corrected chi connectivity index (χ2v) is 3.16. The Hall–Kier alpha value is 0.400. The summed E-state index contributed by atoms with van der Waals surface area (Å²) in [6.07, 6.45) is 0. The summed E-state index contributed by atoms with van der Waals surface area (Å²) < 4.78 is 0. The van der Waals surface area contributed by atoms with E-state index in [9.17, 15) is 0 Å². The maximum Gasteiger partial charge on any atom is 0.0470 e. The maximum absolute atomic E-state index is 8.80. The van der Waals surface area contributed by atoms with Gasteiger partial charge in [0.1, 0.15) is 0 Å². The van der Waals surface area contributed by atoms with E-state index in [-0.39, 0.29) is 0 Å². The van der Waals surface area contributed by atoms with Gasteiger partial charge in [-0.25, -0.2) is 0 Å². The molecule has 2 nitrogen and oxygen atoms in total. The van der Waals surface area contributed by atoms with E-state index in [0.717, 1.165) is 18.4 Å². The molecule has 0 aromatic heterocycles. The Bertz CT molecular complexity index is 81.1. The van der Waals surface area contributed by atoms with Crippen LogP contribution in [0.3, 0.4) is 0 Å². The molecule has 0 radical (unpaired) electrons. The van der Waals surface area contributed by atoms with Crippen molar-refractivity contribution in [2.75, 3.05) is 25.0 Å². The van der Waals surface area contributed by atoms with Gasteiger partial charge in [-0.3, -0.25) is 0 Å². The highest BCUT2D eigenvalue weighted by atomic mass is 79.9. The van der Waals surface area contributed by atoms with Crippen molar-refractivity contribution in [1.29, 1.82) is 0 Å². The normalized spacial score (nSPS) is 23.3. The van der Waals surface area contributed by atoms with Crippen LogP contribution in [0, 0.1) is 11.8 Å². The molecule has 1 heterocycles. The molecule has 1 rings (SSSR count). The quantitative estimate of drug-likeness (QED) is 0.629. The number of hydrogen-bond acceptors (Lipinski definition) is 2. The van der Waals surface area contributed by atoms with Crippen molar-refractivity contribution in [3.8, 4) is 0 Å². The van der Waals surface area contributed by atoms with Gasteiger partial charge in [-0.15, -0.1) is 0 Å². The summed E-state index contributed by atoms with van der Waals surface area (Å²) in [5.74, 6) is 1.17. The van der Waals surface area contributed by atoms with E-state index in [1.807, 2.05) is 0 Å². The zero-order valence-corrected chi connectivity index (χ0v) is 6.89. The van der Waals surface area contributed by atoms with Gasteiger partial charge in [0.05, 0.1) is 0 Å². The van der Waals surface area contributed by atoms with Crippen LogP contribution in [0.15, 0.2) is 0 Å². The molecule has 0 saturated carbocycles. The van der Waals surface area contributed by atoms with Crippen molar-refractivity contribution in [2.24, 2.45) is 11.8 Å². The molecule has 1 aliphatic heterocycles. The van der Waals surface area contributed by atoms with Crippen molar-refractivity contribution in [3.63, 3.8) is 0 Å². The molecule has 1 saturated heterocycles. The van der Waals surface area contributed by atoms with Crippen molar-refractivity contribution < 1.29 is 5.11 Å². The lowest BCUT2D eigenvalue weighted by Gasteiger charge is -2.32. The summed E-state index contributed by atoms with van der Waals surface area (Å²) in [5, 5.41) is 12.9. The van der Waals surface area contributed by atoms with Crippen LogP contribution in [0.25, 0.3) is 0 Å². The minimum Gasteiger partial charge on any atom is -0.396 e. The Morgan fingerprint density at radius 2 is 2.33 bits per heavy atom. The molecule has 0 aliphatic carbocycles. The fourth-order valence-electron chi connectivity index (χ4n) is 0.968. The summed E-state index contributed by atoms with van der Waals surface area (Å²) >= 11 is 3.36. The first-order valence-corrected chi connectivity index (χ1v) is 4.38. The van der Waals surface area contributed by atoms with Crippen LogP contribution >= 0.6 is 15.9 Å². The second kappa shape index (κ2) is 3.54. The standard InChI is InChI=1S/C6H12BrNO/c7-1-5(4-9)6-2-8-3-6/h5-6,8-9H,1-4H2. The van der Waals surface area contributed by atoms with Crippen LogP contribution in [-0.2, 0) is 0 Å². The van der Waals surface area contributed by atoms with Crippen molar-refractivity contribution >= 4 is 15.9 Å². The first-order chi connectivity index (χ1) is 4.38. The number of hydrogen-bond donors (Lipinski definition) is 2. The molecular weight excluding hydrogens is 182 g/mol. The van der Waals surface area contributed by atoms with Gasteiger partial charge in [-0.2, -0.15) is 0 Å². The predicted octanol–water partition coefficient (Wildman–Crippen LogP) is 0.209. The lowest BCUT2D eigenvalue weighted by Crippen LogP contribution is -2.47. The van der Waals surface area contributed by atoms with Gasteiger partial charge in [0.2, 0.25) is 0 Å². The van der Waals surface area contributed by atoms with Crippen LogP contribution in [0.4, 0.5) is 0 Å². The Morgan fingerprint density at radius 1 is 1.67 bits per heavy atom. The molecule has 0 amide bonds. The zero-order chi connectivity index (χ0) is 6.69. The summed E-state index contributed by atoms with van der Waals surface area (Å²) in [5.41, 5.74) is 0. The van der Waals surface area contributed by atoms with E-state index in [2.05, 4.69) is 21.2 Å². The number of halogens is 1. The smallest absolute Gasteiger partial charge is 0.0470 e. The highest BCUT2D eigenvalue weighted by molar-refractivity contribution is 9.09. The van der Waals surface area contributed by atoms with Crippen LogP contribution < -0.4 is 5.32 Å². The average molecular weight is 194 g/mol. The Morgan fingerprint density at radius 3 is 2.44 bits per heavy atom. The number of rotatable bonds is 3. The minimum atomic E-state index is 0.317. The van der Waals surface area contributed by atoms with Crippen LogP contribution in [0.5, 0.6) is 0 Å². The van der Waals surface area contributed by atoms with E-state index < -0.39 is 0 Å². The largest absolute Gasteiger partial charge is 0.396 e. The second-order valence-electron chi connectivity index (χ2n) is 2.52. The molecule has 0 bridgehead atoms.